The Balaban J connectivity index is 1.46. The molecule has 0 saturated heterocycles. The summed E-state index contributed by atoms with van der Waals surface area (Å²) in [5.74, 6) is 0. The van der Waals surface area contributed by atoms with Gasteiger partial charge in [0.05, 0.1) is 45.3 Å². The van der Waals surface area contributed by atoms with E-state index in [0.717, 1.165) is 49.8 Å². The van der Waals surface area contributed by atoms with Gasteiger partial charge in [-0.15, -0.1) is 0 Å². The third kappa shape index (κ3) is 3.47. The highest BCUT2D eigenvalue weighted by atomic mass is 15.0. The van der Waals surface area contributed by atoms with Crippen LogP contribution >= 0.6 is 0 Å². The van der Waals surface area contributed by atoms with E-state index in [-0.39, 0.29) is 0 Å². The van der Waals surface area contributed by atoms with Gasteiger partial charge in [-0.05, 0) is 72.3 Å². The minimum absolute atomic E-state index is 0.618. The highest BCUT2D eigenvalue weighted by molar-refractivity contribution is 6.15. The molecular weight excluding hydrogens is 512 g/mol. The van der Waals surface area contributed by atoms with Crippen LogP contribution in [0.1, 0.15) is 11.1 Å². The molecule has 4 heteroatoms. The van der Waals surface area contributed by atoms with Gasteiger partial charge in [0, 0.05) is 38.5 Å². The predicted octanol–water partition coefficient (Wildman–Crippen LogP) is 9.29. The summed E-state index contributed by atoms with van der Waals surface area (Å²) in [5, 5.41) is 23.5. The Morgan fingerprint density at radius 3 is 1.90 bits per heavy atom. The number of para-hydroxylation sites is 3. The van der Waals surface area contributed by atoms with Gasteiger partial charge in [-0.2, -0.15) is 10.5 Å². The van der Waals surface area contributed by atoms with Crippen LogP contribution in [0, 0.1) is 22.7 Å². The Kier molecular flexibility index (Phi) is 5.22. The number of rotatable bonds is 3. The number of aromatic nitrogens is 2. The summed E-state index contributed by atoms with van der Waals surface area (Å²) >= 11 is 0. The molecule has 0 unspecified atom stereocenters. The first-order valence-corrected chi connectivity index (χ1v) is 13.8. The molecular formula is C38H22N4. The van der Waals surface area contributed by atoms with Crippen LogP contribution in [0.5, 0.6) is 0 Å². The Morgan fingerprint density at radius 1 is 0.429 bits per heavy atom. The average molecular weight is 535 g/mol. The standard InChI is InChI=1S/C38H22N4/c39-23-25-13-17-29(18-14-25)41-36-20-15-26(24-40)21-34(36)32-19-16-27(22-37(32)41)30-10-6-11-33-31-9-4-5-12-35(31)42(38(30)33)28-7-2-1-3-8-28/h1-22H. The van der Waals surface area contributed by atoms with E-state index in [9.17, 15) is 10.5 Å². The topological polar surface area (TPSA) is 57.4 Å². The van der Waals surface area contributed by atoms with Crippen molar-refractivity contribution in [2.24, 2.45) is 0 Å². The maximum atomic E-state index is 9.63. The first-order chi connectivity index (χ1) is 20.7. The monoisotopic (exact) mass is 534 g/mol. The van der Waals surface area contributed by atoms with Crippen molar-refractivity contribution in [2.75, 3.05) is 0 Å². The molecule has 2 aromatic heterocycles. The highest BCUT2D eigenvalue weighted by Gasteiger charge is 2.18. The van der Waals surface area contributed by atoms with Crippen LogP contribution in [-0.4, -0.2) is 9.13 Å². The minimum atomic E-state index is 0.618. The fourth-order valence-electron chi connectivity index (χ4n) is 6.32. The second-order valence-corrected chi connectivity index (χ2v) is 10.5. The van der Waals surface area contributed by atoms with Crippen molar-refractivity contribution in [3.63, 3.8) is 0 Å². The van der Waals surface area contributed by atoms with Crippen LogP contribution in [0.3, 0.4) is 0 Å². The Hall–Kier alpha value is -6.10. The van der Waals surface area contributed by atoms with Crippen LogP contribution in [0.15, 0.2) is 133 Å². The number of nitrogens with zero attached hydrogens (tertiary/aromatic N) is 4. The van der Waals surface area contributed by atoms with Gasteiger partial charge < -0.3 is 9.13 Å². The molecule has 0 bridgehead atoms. The van der Waals surface area contributed by atoms with Crippen molar-refractivity contribution in [1.82, 2.24) is 9.13 Å². The van der Waals surface area contributed by atoms with Crippen molar-refractivity contribution in [3.05, 3.63) is 145 Å². The zero-order valence-corrected chi connectivity index (χ0v) is 22.5. The van der Waals surface area contributed by atoms with E-state index in [4.69, 9.17) is 0 Å². The number of hydrogen-bond donors (Lipinski definition) is 0. The SMILES string of the molecule is N#Cc1ccc(-n2c3ccc(C#N)cc3c3ccc(-c4cccc5c6ccccc6n(-c6ccccc6)c45)cc32)cc1. The molecule has 194 valence electrons. The second-order valence-electron chi connectivity index (χ2n) is 10.5. The van der Waals surface area contributed by atoms with Crippen molar-refractivity contribution in [2.45, 2.75) is 0 Å². The lowest BCUT2D eigenvalue weighted by Gasteiger charge is -2.13. The van der Waals surface area contributed by atoms with Gasteiger partial charge in [0.1, 0.15) is 0 Å². The van der Waals surface area contributed by atoms with Crippen LogP contribution in [-0.2, 0) is 0 Å². The number of benzene rings is 6. The first-order valence-electron chi connectivity index (χ1n) is 13.8. The van der Waals surface area contributed by atoms with Crippen molar-refractivity contribution in [3.8, 4) is 34.6 Å². The summed E-state index contributed by atoms with van der Waals surface area (Å²) in [7, 11) is 0. The first kappa shape index (κ1) is 23.8. The van der Waals surface area contributed by atoms with Crippen LogP contribution in [0.2, 0.25) is 0 Å². The molecule has 8 rings (SSSR count). The summed E-state index contributed by atoms with van der Waals surface area (Å²) < 4.78 is 4.59. The predicted molar refractivity (Wildman–Crippen MR) is 170 cm³/mol. The Morgan fingerprint density at radius 2 is 1.10 bits per heavy atom. The lowest BCUT2D eigenvalue weighted by molar-refractivity contribution is 1.18. The molecule has 0 aliphatic rings. The van der Waals surface area contributed by atoms with Gasteiger partial charge in [0.15, 0.2) is 0 Å². The number of nitriles is 2. The van der Waals surface area contributed by atoms with Crippen LogP contribution < -0.4 is 0 Å². The molecule has 42 heavy (non-hydrogen) atoms. The molecule has 0 radical (unpaired) electrons. The van der Waals surface area contributed by atoms with E-state index in [1.807, 2.05) is 48.5 Å². The van der Waals surface area contributed by atoms with Gasteiger partial charge in [-0.25, -0.2) is 0 Å². The van der Waals surface area contributed by atoms with Crippen molar-refractivity contribution >= 4 is 43.6 Å². The van der Waals surface area contributed by atoms with E-state index >= 15 is 0 Å². The Bertz CT molecular complexity index is 2410. The molecule has 0 aliphatic heterocycles. The largest absolute Gasteiger partial charge is 0.309 e. The average Bonchev–Trinajstić information content (AvgIpc) is 3.57. The smallest absolute Gasteiger partial charge is 0.0991 e. The van der Waals surface area contributed by atoms with E-state index in [1.54, 1.807) is 0 Å². The van der Waals surface area contributed by atoms with E-state index in [0.29, 0.717) is 11.1 Å². The third-order valence-corrected chi connectivity index (χ3v) is 8.17. The lowest BCUT2D eigenvalue weighted by atomic mass is 10.00. The summed E-state index contributed by atoms with van der Waals surface area (Å²) in [6.07, 6.45) is 0. The molecule has 0 fully saturated rings. The molecule has 0 aliphatic carbocycles. The molecule has 4 nitrogen and oxygen atoms in total. The molecule has 6 aromatic carbocycles. The van der Waals surface area contributed by atoms with E-state index < -0.39 is 0 Å². The maximum Gasteiger partial charge on any atom is 0.0991 e. The molecule has 0 saturated carbocycles. The van der Waals surface area contributed by atoms with Crippen LogP contribution in [0.4, 0.5) is 0 Å². The van der Waals surface area contributed by atoms with E-state index in [2.05, 4.69) is 106 Å². The van der Waals surface area contributed by atoms with Crippen molar-refractivity contribution in [1.29, 1.82) is 10.5 Å². The lowest BCUT2D eigenvalue weighted by Crippen LogP contribution is -1.96. The quantitative estimate of drug-likeness (QED) is 0.227. The fourth-order valence-corrected chi connectivity index (χ4v) is 6.32. The molecule has 0 atom stereocenters. The summed E-state index contributed by atoms with van der Waals surface area (Å²) in [6, 6.07) is 50.2. The molecule has 8 aromatic rings. The zero-order valence-electron chi connectivity index (χ0n) is 22.5. The molecule has 0 N–H and O–H groups in total. The molecule has 0 amide bonds. The summed E-state index contributed by atoms with van der Waals surface area (Å²) in [5.41, 5.74) is 9.97. The highest BCUT2D eigenvalue weighted by Crippen LogP contribution is 2.40. The summed E-state index contributed by atoms with van der Waals surface area (Å²) in [6.45, 7) is 0. The molecule has 2 heterocycles. The van der Waals surface area contributed by atoms with E-state index in [1.165, 1.54) is 16.3 Å². The fraction of sp³-hybridized carbons (Fsp3) is 0. The van der Waals surface area contributed by atoms with Gasteiger partial charge in [-0.1, -0.05) is 66.7 Å². The zero-order chi connectivity index (χ0) is 28.2. The second kappa shape index (κ2) is 9.24. The van der Waals surface area contributed by atoms with Gasteiger partial charge >= 0.3 is 0 Å². The number of fused-ring (bicyclic) bond motifs is 6. The molecule has 0 spiro atoms. The normalized spacial score (nSPS) is 11.3. The summed E-state index contributed by atoms with van der Waals surface area (Å²) in [4.78, 5) is 0. The van der Waals surface area contributed by atoms with Gasteiger partial charge in [-0.3, -0.25) is 0 Å². The van der Waals surface area contributed by atoms with Gasteiger partial charge in [0.2, 0.25) is 0 Å². The minimum Gasteiger partial charge on any atom is -0.309 e. The maximum absolute atomic E-state index is 9.63. The number of hydrogen-bond acceptors (Lipinski definition) is 2. The Labute approximate surface area is 242 Å². The van der Waals surface area contributed by atoms with Crippen molar-refractivity contribution < 1.29 is 0 Å². The van der Waals surface area contributed by atoms with Crippen LogP contribution in [0.25, 0.3) is 66.1 Å². The van der Waals surface area contributed by atoms with Gasteiger partial charge in [0.25, 0.3) is 0 Å². The third-order valence-electron chi connectivity index (χ3n) is 8.17.